The molecule has 0 aliphatic rings. The van der Waals surface area contributed by atoms with E-state index < -0.39 is 0 Å². The summed E-state index contributed by atoms with van der Waals surface area (Å²) in [5.74, 6) is -0.0624. The maximum atomic E-state index is 12.3. The van der Waals surface area contributed by atoms with Gasteiger partial charge in [-0.05, 0) is 48.1 Å². The minimum atomic E-state index is -0.0624. The number of aromatic nitrogens is 1. The monoisotopic (exact) mass is 302 g/mol. The Balaban J connectivity index is 1.87. The Morgan fingerprint density at radius 3 is 3.00 bits per heavy atom. The highest BCUT2D eigenvalue weighted by molar-refractivity contribution is 7.22. The van der Waals surface area contributed by atoms with Gasteiger partial charge in [0.1, 0.15) is 0 Å². The number of hydrogen-bond acceptors (Lipinski definition) is 4. The SMILES string of the molecule is CCc1ccsc1C(=O)Nc1nc2ccc(C)cc2s1. The van der Waals surface area contributed by atoms with Gasteiger partial charge in [-0.3, -0.25) is 10.1 Å². The standard InChI is InChI=1S/C15H14N2OS2/c1-3-10-6-7-19-13(10)14(18)17-15-16-11-5-4-9(2)8-12(11)20-15/h4-8H,3H2,1-2H3,(H,16,17,18). The average Bonchev–Trinajstić information content (AvgIpc) is 3.03. The van der Waals surface area contributed by atoms with Gasteiger partial charge in [-0.2, -0.15) is 0 Å². The van der Waals surface area contributed by atoms with Crippen LogP contribution in [0.2, 0.25) is 0 Å². The summed E-state index contributed by atoms with van der Waals surface area (Å²) < 4.78 is 1.10. The molecule has 0 radical (unpaired) electrons. The van der Waals surface area contributed by atoms with E-state index in [1.807, 2.05) is 23.6 Å². The smallest absolute Gasteiger partial charge is 0.267 e. The van der Waals surface area contributed by atoms with Gasteiger partial charge in [-0.15, -0.1) is 11.3 Å². The summed E-state index contributed by atoms with van der Waals surface area (Å²) in [5.41, 5.74) is 3.22. The Morgan fingerprint density at radius 2 is 2.20 bits per heavy atom. The Labute approximate surface area is 125 Å². The molecule has 0 aliphatic carbocycles. The first-order valence-electron chi connectivity index (χ1n) is 6.42. The van der Waals surface area contributed by atoms with E-state index in [4.69, 9.17) is 0 Å². The van der Waals surface area contributed by atoms with Crippen LogP contribution in [-0.4, -0.2) is 10.9 Å². The topological polar surface area (TPSA) is 42.0 Å². The number of thiophene rings is 1. The molecule has 1 amide bonds. The molecule has 1 aromatic carbocycles. The zero-order valence-corrected chi connectivity index (χ0v) is 12.9. The zero-order chi connectivity index (χ0) is 14.1. The summed E-state index contributed by atoms with van der Waals surface area (Å²) >= 11 is 2.99. The van der Waals surface area contributed by atoms with E-state index in [2.05, 4.69) is 30.2 Å². The molecular formula is C15H14N2OS2. The van der Waals surface area contributed by atoms with Gasteiger partial charge in [0.15, 0.2) is 5.13 Å². The van der Waals surface area contributed by atoms with E-state index in [1.54, 1.807) is 0 Å². The summed E-state index contributed by atoms with van der Waals surface area (Å²) in [5, 5.41) is 5.52. The van der Waals surface area contributed by atoms with Crippen LogP contribution in [0.4, 0.5) is 5.13 Å². The largest absolute Gasteiger partial charge is 0.297 e. The number of thiazole rings is 1. The molecule has 102 valence electrons. The number of fused-ring (bicyclic) bond motifs is 1. The first-order valence-corrected chi connectivity index (χ1v) is 8.12. The van der Waals surface area contributed by atoms with Crippen molar-refractivity contribution in [2.75, 3.05) is 5.32 Å². The lowest BCUT2D eigenvalue weighted by molar-refractivity contribution is 0.103. The molecule has 20 heavy (non-hydrogen) atoms. The molecule has 1 N–H and O–H groups in total. The number of hydrogen-bond donors (Lipinski definition) is 1. The maximum Gasteiger partial charge on any atom is 0.267 e. The molecule has 3 rings (SSSR count). The van der Waals surface area contributed by atoms with E-state index in [0.29, 0.717) is 5.13 Å². The molecule has 0 spiro atoms. The van der Waals surface area contributed by atoms with Crippen LogP contribution < -0.4 is 5.32 Å². The van der Waals surface area contributed by atoms with Crippen molar-refractivity contribution in [3.8, 4) is 0 Å². The van der Waals surface area contributed by atoms with Crippen molar-refractivity contribution >= 4 is 43.9 Å². The van der Waals surface area contributed by atoms with Gasteiger partial charge >= 0.3 is 0 Å². The summed E-state index contributed by atoms with van der Waals surface area (Å²) in [7, 11) is 0. The first kappa shape index (κ1) is 13.3. The van der Waals surface area contributed by atoms with Crippen molar-refractivity contribution in [2.24, 2.45) is 0 Å². The van der Waals surface area contributed by atoms with Gasteiger partial charge in [0, 0.05) is 0 Å². The predicted octanol–water partition coefficient (Wildman–Crippen LogP) is 4.48. The minimum Gasteiger partial charge on any atom is -0.297 e. The Hall–Kier alpha value is -1.72. The van der Waals surface area contributed by atoms with Crippen LogP contribution in [0.15, 0.2) is 29.6 Å². The van der Waals surface area contributed by atoms with Crippen LogP contribution in [0, 0.1) is 6.92 Å². The summed E-state index contributed by atoms with van der Waals surface area (Å²) in [6.07, 6.45) is 0.866. The molecule has 0 bridgehead atoms. The van der Waals surface area contributed by atoms with Gasteiger partial charge in [-0.25, -0.2) is 4.98 Å². The lowest BCUT2D eigenvalue weighted by atomic mass is 10.2. The lowest BCUT2D eigenvalue weighted by Crippen LogP contribution is -2.11. The third kappa shape index (κ3) is 2.46. The number of anilines is 1. The number of carbonyl (C=O) groups is 1. The Kier molecular flexibility index (Phi) is 3.54. The van der Waals surface area contributed by atoms with Crippen molar-refractivity contribution in [3.63, 3.8) is 0 Å². The van der Waals surface area contributed by atoms with Crippen molar-refractivity contribution in [3.05, 3.63) is 45.6 Å². The highest BCUT2D eigenvalue weighted by atomic mass is 32.1. The van der Waals surface area contributed by atoms with E-state index in [1.165, 1.54) is 28.2 Å². The molecule has 3 aromatic rings. The Morgan fingerprint density at radius 1 is 1.35 bits per heavy atom. The van der Waals surface area contributed by atoms with Crippen molar-refractivity contribution in [1.82, 2.24) is 4.98 Å². The number of rotatable bonds is 3. The summed E-state index contributed by atoms with van der Waals surface area (Å²) in [4.78, 5) is 17.5. The molecule has 0 saturated heterocycles. The number of nitrogens with zero attached hydrogens (tertiary/aromatic N) is 1. The summed E-state index contributed by atoms with van der Waals surface area (Å²) in [6.45, 7) is 4.11. The van der Waals surface area contributed by atoms with Crippen LogP contribution in [0.3, 0.4) is 0 Å². The Bertz CT molecular complexity index is 773. The van der Waals surface area contributed by atoms with Gasteiger partial charge in [0.05, 0.1) is 15.1 Å². The molecule has 2 aromatic heterocycles. The van der Waals surface area contributed by atoms with Crippen LogP contribution in [0.1, 0.15) is 27.7 Å². The van der Waals surface area contributed by atoms with Gasteiger partial charge < -0.3 is 0 Å². The molecule has 0 fully saturated rings. The highest BCUT2D eigenvalue weighted by Crippen LogP contribution is 2.28. The third-order valence-corrected chi connectivity index (χ3v) is 4.99. The van der Waals surface area contributed by atoms with Crippen LogP contribution >= 0.6 is 22.7 Å². The van der Waals surface area contributed by atoms with E-state index in [-0.39, 0.29) is 5.91 Å². The van der Waals surface area contributed by atoms with E-state index in [9.17, 15) is 4.79 Å². The minimum absolute atomic E-state index is 0.0624. The van der Waals surface area contributed by atoms with Crippen LogP contribution in [0.5, 0.6) is 0 Å². The third-order valence-electron chi connectivity index (χ3n) is 3.10. The fraction of sp³-hybridized carbons (Fsp3) is 0.200. The number of carbonyl (C=O) groups excluding carboxylic acids is 1. The van der Waals surface area contributed by atoms with Gasteiger partial charge in [-0.1, -0.05) is 24.3 Å². The normalized spacial score (nSPS) is 10.9. The van der Waals surface area contributed by atoms with Gasteiger partial charge in [0.2, 0.25) is 0 Å². The van der Waals surface area contributed by atoms with Crippen molar-refractivity contribution < 1.29 is 4.79 Å². The number of nitrogens with one attached hydrogen (secondary N) is 1. The van der Waals surface area contributed by atoms with E-state index >= 15 is 0 Å². The highest BCUT2D eigenvalue weighted by Gasteiger charge is 2.14. The zero-order valence-electron chi connectivity index (χ0n) is 11.3. The quantitative estimate of drug-likeness (QED) is 0.775. The summed E-state index contributed by atoms with van der Waals surface area (Å²) in [6, 6.07) is 8.11. The fourth-order valence-corrected chi connectivity index (χ4v) is 3.90. The molecule has 2 heterocycles. The fourth-order valence-electron chi connectivity index (χ4n) is 2.05. The molecule has 0 unspecified atom stereocenters. The van der Waals surface area contributed by atoms with E-state index in [0.717, 1.165) is 27.1 Å². The average molecular weight is 302 g/mol. The molecular weight excluding hydrogens is 288 g/mol. The van der Waals surface area contributed by atoms with Crippen molar-refractivity contribution in [1.29, 1.82) is 0 Å². The molecule has 0 atom stereocenters. The maximum absolute atomic E-state index is 12.3. The van der Waals surface area contributed by atoms with Gasteiger partial charge in [0.25, 0.3) is 5.91 Å². The number of amides is 1. The van der Waals surface area contributed by atoms with Crippen LogP contribution in [-0.2, 0) is 6.42 Å². The second-order valence-electron chi connectivity index (χ2n) is 4.57. The predicted molar refractivity (Wildman–Crippen MR) is 86.0 cm³/mol. The molecule has 0 saturated carbocycles. The van der Waals surface area contributed by atoms with Crippen LogP contribution in [0.25, 0.3) is 10.2 Å². The number of benzene rings is 1. The second-order valence-corrected chi connectivity index (χ2v) is 6.52. The van der Waals surface area contributed by atoms with Crippen molar-refractivity contribution in [2.45, 2.75) is 20.3 Å². The molecule has 5 heteroatoms. The molecule has 0 aliphatic heterocycles. The first-order chi connectivity index (χ1) is 9.67. The number of aryl methyl sites for hydroxylation is 2. The lowest BCUT2D eigenvalue weighted by Gasteiger charge is -2.01. The molecule has 3 nitrogen and oxygen atoms in total. The second kappa shape index (κ2) is 5.34.